The maximum absolute atomic E-state index is 13.0. The minimum absolute atomic E-state index is 0.0616. The van der Waals surface area contributed by atoms with Crippen molar-refractivity contribution in [2.24, 2.45) is 7.05 Å². The quantitative estimate of drug-likeness (QED) is 0.188. The van der Waals surface area contributed by atoms with Crippen molar-refractivity contribution >= 4 is 39.7 Å². The number of methoxy groups -OCH3 is 2. The molecule has 0 aliphatic rings. The summed E-state index contributed by atoms with van der Waals surface area (Å²) in [6.45, 7) is 0. The predicted molar refractivity (Wildman–Crippen MR) is 131 cm³/mol. The molecule has 0 saturated heterocycles. The molecule has 14 heteroatoms. The molecule has 190 valence electrons. The molecule has 0 aliphatic carbocycles. The minimum Gasteiger partial charge on any atom is -0.493 e. The highest BCUT2D eigenvalue weighted by Crippen LogP contribution is 2.36. The zero-order chi connectivity index (χ0) is 26.3. The van der Waals surface area contributed by atoms with Crippen molar-refractivity contribution in [1.29, 1.82) is 0 Å². The molecule has 3 rings (SSSR count). The highest BCUT2D eigenvalue weighted by molar-refractivity contribution is 7.98. The van der Waals surface area contributed by atoms with Crippen LogP contribution in [0.5, 0.6) is 11.5 Å². The molecule has 0 atom stereocenters. The number of carbonyl (C=O) groups is 2. The second-order valence-corrected chi connectivity index (χ2v) is 9.79. The largest absolute Gasteiger partial charge is 0.493 e. The Labute approximate surface area is 211 Å². The molecule has 3 aromatic rings. The number of aliphatic carboxylic acids is 1. The van der Waals surface area contributed by atoms with Crippen LogP contribution in [0.15, 0.2) is 58.9 Å². The fraction of sp³-hybridized carbons (Fsp3) is 0.182. The Morgan fingerprint density at radius 2 is 1.89 bits per heavy atom. The summed E-state index contributed by atoms with van der Waals surface area (Å²) < 4.78 is 38.1. The maximum Gasteiger partial charge on any atom is 0.328 e. The fourth-order valence-electron chi connectivity index (χ4n) is 2.96. The molecule has 1 amide bonds. The Morgan fingerprint density at radius 3 is 2.47 bits per heavy atom. The first-order chi connectivity index (χ1) is 17.1. The molecule has 0 radical (unpaired) electrons. The van der Waals surface area contributed by atoms with Gasteiger partial charge in [0.25, 0.3) is 15.9 Å². The first kappa shape index (κ1) is 26.7. The highest BCUT2D eigenvalue weighted by atomic mass is 32.2. The number of hydrazine groups is 1. The lowest BCUT2D eigenvalue weighted by Crippen LogP contribution is -2.41. The summed E-state index contributed by atoms with van der Waals surface area (Å²) in [6, 6.07) is 9.24. The average molecular weight is 534 g/mol. The molecule has 0 spiro atoms. The number of nitrogens with zero attached hydrogens (tertiary/aromatic N) is 3. The highest BCUT2D eigenvalue weighted by Gasteiger charge is 2.24. The van der Waals surface area contributed by atoms with E-state index >= 15 is 0 Å². The number of hydrogen-bond donors (Lipinski definition) is 3. The summed E-state index contributed by atoms with van der Waals surface area (Å²) in [5.41, 5.74) is 3.56. The molecule has 1 aromatic heterocycles. The standard InChI is InChI=1S/C22H23N5O7S2/c1-27-13-23-25-22(27)35-12-14-4-7-16(8-5-14)21(30)24-26-36(31,32)18-11-15(6-9-19(28)29)10-17(33-2)20(18)34-3/h4-11,13,26H,12H2,1-3H3,(H,24,30)(H,28,29). The number of aryl methyl sites for hydroxylation is 1. The Kier molecular flexibility index (Phi) is 8.68. The molecule has 36 heavy (non-hydrogen) atoms. The van der Waals surface area contributed by atoms with Crippen molar-refractivity contribution in [2.45, 2.75) is 15.8 Å². The summed E-state index contributed by atoms with van der Waals surface area (Å²) in [6.07, 6.45) is 3.65. The van der Waals surface area contributed by atoms with E-state index in [-0.39, 0.29) is 27.5 Å². The Hall–Kier alpha value is -3.88. The van der Waals surface area contributed by atoms with E-state index in [4.69, 9.17) is 14.6 Å². The molecule has 0 aliphatic heterocycles. The second kappa shape index (κ2) is 11.7. The van der Waals surface area contributed by atoms with Crippen molar-refractivity contribution < 1.29 is 32.6 Å². The number of amides is 1. The molecule has 12 nitrogen and oxygen atoms in total. The predicted octanol–water partition coefficient (Wildman–Crippen LogP) is 1.85. The van der Waals surface area contributed by atoms with E-state index in [1.807, 2.05) is 11.9 Å². The number of ether oxygens (including phenoxy) is 2. The number of carboxylic acids is 1. The molecule has 0 fully saturated rings. The average Bonchev–Trinajstić information content (AvgIpc) is 3.28. The van der Waals surface area contributed by atoms with Gasteiger partial charge in [-0.05, 0) is 41.5 Å². The van der Waals surface area contributed by atoms with Crippen molar-refractivity contribution in [3.05, 3.63) is 65.5 Å². The third-order valence-electron chi connectivity index (χ3n) is 4.73. The normalized spacial score (nSPS) is 11.4. The van der Waals surface area contributed by atoms with Crippen LogP contribution in [0, 0.1) is 0 Å². The maximum atomic E-state index is 13.0. The van der Waals surface area contributed by atoms with Gasteiger partial charge in [-0.15, -0.1) is 15.0 Å². The topological polar surface area (TPSA) is 162 Å². The van der Waals surface area contributed by atoms with E-state index in [9.17, 15) is 18.0 Å². The lowest BCUT2D eigenvalue weighted by atomic mass is 10.1. The second-order valence-electron chi connectivity index (χ2n) is 7.20. The van der Waals surface area contributed by atoms with Gasteiger partial charge < -0.3 is 19.1 Å². The summed E-state index contributed by atoms with van der Waals surface area (Å²) in [4.78, 5) is 25.1. The summed E-state index contributed by atoms with van der Waals surface area (Å²) in [7, 11) is 0.0717. The van der Waals surface area contributed by atoms with Crippen molar-refractivity contribution in [3.63, 3.8) is 0 Å². The number of rotatable bonds is 11. The van der Waals surface area contributed by atoms with Crippen LogP contribution in [0.3, 0.4) is 0 Å². The van der Waals surface area contributed by atoms with Crippen LogP contribution in [0.4, 0.5) is 0 Å². The van der Waals surface area contributed by atoms with Gasteiger partial charge in [0.1, 0.15) is 11.2 Å². The lowest BCUT2D eigenvalue weighted by molar-refractivity contribution is -0.131. The van der Waals surface area contributed by atoms with Gasteiger partial charge in [-0.2, -0.15) is 0 Å². The number of sulfonamides is 1. The molecule has 1 heterocycles. The smallest absolute Gasteiger partial charge is 0.328 e. The number of thioether (sulfide) groups is 1. The van der Waals surface area contributed by atoms with E-state index in [1.165, 1.54) is 44.2 Å². The van der Waals surface area contributed by atoms with E-state index in [2.05, 4.69) is 15.6 Å². The monoisotopic (exact) mass is 533 g/mol. The van der Waals surface area contributed by atoms with Crippen LogP contribution >= 0.6 is 11.8 Å². The van der Waals surface area contributed by atoms with Crippen molar-refractivity contribution in [1.82, 2.24) is 25.0 Å². The number of carbonyl (C=O) groups excluding carboxylic acids is 1. The Morgan fingerprint density at radius 1 is 1.17 bits per heavy atom. The van der Waals surface area contributed by atoms with Crippen LogP contribution in [0.25, 0.3) is 6.08 Å². The molecule has 0 saturated carbocycles. The zero-order valence-corrected chi connectivity index (χ0v) is 21.1. The van der Waals surface area contributed by atoms with Crippen LogP contribution in [-0.4, -0.2) is 54.4 Å². The molecule has 3 N–H and O–H groups in total. The number of benzene rings is 2. The third kappa shape index (κ3) is 6.62. The lowest BCUT2D eigenvalue weighted by Gasteiger charge is -2.15. The van der Waals surface area contributed by atoms with Gasteiger partial charge in [-0.3, -0.25) is 10.2 Å². The van der Waals surface area contributed by atoms with Crippen LogP contribution in [0.1, 0.15) is 21.5 Å². The number of nitrogens with one attached hydrogen (secondary N) is 2. The van der Waals surface area contributed by atoms with E-state index < -0.39 is 21.9 Å². The number of hydrogen-bond acceptors (Lipinski definition) is 9. The minimum atomic E-state index is -4.33. The van der Waals surface area contributed by atoms with Gasteiger partial charge in [0.05, 0.1) is 14.2 Å². The van der Waals surface area contributed by atoms with Gasteiger partial charge in [-0.1, -0.05) is 23.9 Å². The first-order valence-corrected chi connectivity index (χ1v) is 12.7. The number of carboxylic acid groups (broad SMARTS) is 1. The first-order valence-electron chi connectivity index (χ1n) is 10.2. The van der Waals surface area contributed by atoms with Crippen molar-refractivity contribution in [2.75, 3.05) is 14.2 Å². The summed E-state index contributed by atoms with van der Waals surface area (Å²) in [5.74, 6) is -1.34. The number of aromatic nitrogens is 3. The molecule has 0 bridgehead atoms. The molecular weight excluding hydrogens is 510 g/mol. The zero-order valence-electron chi connectivity index (χ0n) is 19.5. The van der Waals surface area contributed by atoms with Gasteiger partial charge in [0, 0.05) is 24.4 Å². The molecule has 2 aromatic carbocycles. The van der Waals surface area contributed by atoms with E-state index in [0.717, 1.165) is 16.8 Å². The Balaban J connectivity index is 1.72. The SMILES string of the molecule is COc1cc(C=CC(=O)O)cc(S(=O)(=O)NNC(=O)c2ccc(CSc3nncn3C)cc2)c1OC. The molecular formula is C22H23N5O7S2. The van der Waals surface area contributed by atoms with Crippen LogP contribution in [-0.2, 0) is 27.6 Å². The summed E-state index contributed by atoms with van der Waals surface area (Å²) >= 11 is 1.48. The van der Waals surface area contributed by atoms with E-state index in [0.29, 0.717) is 5.75 Å². The van der Waals surface area contributed by atoms with Crippen molar-refractivity contribution in [3.8, 4) is 11.5 Å². The van der Waals surface area contributed by atoms with Gasteiger partial charge >= 0.3 is 5.97 Å². The fourth-order valence-corrected chi connectivity index (χ4v) is 4.86. The van der Waals surface area contributed by atoms with E-state index in [1.54, 1.807) is 35.2 Å². The van der Waals surface area contributed by atoms with Gasteiger partial charge in [0.2, 0.25) is 0 Å². The third-order valence-corrected chi connectivity index (χ3v) is 7.09. The van der Waals surface area contributed by atoms with Crippen LogP contribution < -0.4 is 19.7 Å². The Bertz CT molecular complexity index is 1390. The van der Waals surface area contributed by atoms with Crippen LogP contribution in [0.2, 0.25) is 0 Å². The van der Waals surface area contributed by atoms with Gasteiger partial charge in [-0.25, -0.2) is 13.2 Å². The molecule has 0 unspecified atom stereocenters. The van der Waals surface area contributed by atoms with Gasteiger partial charge in [0.15, 0.2) is 16.7 Å². The summed E-state index contributed by atoms with van der Waals surface area (Å²) in [5, 5.41) is 17.4.